The highest BCUT2D eigenvalue weighted by Crippen LogP contribution is 2.32. The molecule has 1 atom stereocenters. The molecule has 0 aliphatic heterocycles. The third-order valence-electron chi connectivity index (χ3n) is 4.16. The molecule has 0 radical (unpaired) electrons. The Kier molecular flexibility index (Phi) is 4.71. The molecule has 1 aliphatic rings. The molecule has 0 unspecified atom stereocenters. The molecule has 1 aliphatic carbocycles. The van der Waals surface area contributed by atoms with Crippen LogP contribution in [0.2, 0.25) is 0 Å². The summed E-state index contributed by atoms with van der Waals surface area (Å²) in [6.07, 6.45) is 3.26. The summed E-state index contributed by atoms with van der Waals surface area (Å²) in [5.41, 5.74) is 1.29. The van der Waals surface area contributed by atoms with Crippen LogP contribution in [0.1, 0.15) is 39.2 Å². The van der Waals surface area contributed by atoms with Crippen LogP contribution in [0.5, 0.6) is 0 Å². The Hall–Kier alpha value is -2.15. The minimum atomic E-state index is -0.297. The van der Waals surface area contributed by atoms with Crippen LogP contribution in [0.4, 0.5) is 5.82 Å². The van der Waals surface area contributed by atoms with Crippen LogP contribution < -0.4 is 5.32 Å². The van der Waals surface area contributed by atoms with Gasteiger partial charge in [-0.3, -0.25) is 9.59 Å². The van der Waals surface area contributed by atoms with Crippen LogP contribution in [0.25, 0.3) is 0 Å². The van der Waals surface area contributed by atoms with Gasteiger partial charge in [0.05, 0.1) is 11.4 Å². The Morgan fingerprint density at radius 1 is 1.46 bits per heavy atom. The van der Waals surface area contributed by atoms with Crippen molar-refractivity contribution >= 4 is 29.0 Å². The minimum Gasteiger partial charge on any atom is -0.360 e. The summed E-state index contributed by atoms with van der Waals surface area (Å²) in [4.78, 5) is 28.0. The summed E-state index contributed by atoms with van der Waals surface area (Å²) in [5.74, 6) is 1.24. The Balaban J connectivity index is 1.61. The molecule has 3 rings (SSSR count). The summed E-state index contributed by atoms with van der Waals surface area (Å²) >= 11 is 1.56. The van der Waals surface area contributed by atoms with Gasteiger partial charge in [-0.15, -0.1) is 11.3 Å². The fourth-order valence-corrected chi connectivity index (χ4v) is 4.10. The fourth-order valence-electron chi connectivity index (χ4n) is 2.89. The van der Waals surface area contributed by atoms with Gasteiger partial charge in [-0.05, 0) is 43.7 Å². The standard InChI is InChI=1S/C17H21N3O3S/c1-10-4-5-13-12(6-10)8-14(24-13)17(22)20(3)9-16(21)18-15-7-11(2)23-19-15/h7-8,10H,4-6,9H2,1-3H3,(H,18,19,21)/t10-/m1/s1. The van der Waals surface area contributed by atoms with E-state index in [0.717, 1.165) is 12.8 Å². The number of likely N-dealkylation sites (N-methyl/N-ethyl adjacent to an activating group) is 1. The zero-order valence-electron chi connectivity index (χ0n) is 14.1. The second-order valence-corrected chi connectivity index (χ2v) is 7.58. The van der Waals surface area contributed by atoms with E-state index in [1.807, 2.05) is 6.07 Å². The van der Waals surface area contributed by atoms with Crippen molar-refractivity contribution < 1.29 is 14.1 Å². The largest absolute Gasteiger partial charge is 0.360 e. The van der Waals surface area contributed by atoms with E-state index in [1.54, 1.807) is 31.4 Å². The van der Waals surface area contributed by atoms with E-state index in [1.165, 1.54) is 21.8 Å². The maximum absolute atomic E-state index is 12.6. The van der Waals surface area contributed by atoms with Gasteiger partial charge in [0.15, 0.2) is 5.82 Å². The van der Waals surface area contributed by atoms with Gasteiger partial charge in [-0.2, -0.15) is 0 Å². The van der Waals surface area contributed by atoms with Crippen LogP contribution >= 0.6 is 11.3 Å². The van der Waals surface area contributed by atoms with E-state index in [-0.39, 0.29) is 18.4 Å². The lowest BCUT2D eigenvalue weighted by Crippen LogP contribution is -2.34. The molecule has 0 aromatic carbocycles. The number of thiophene rings is 1. The van der Waals surface area contributed by atoms with Crippen LogP contribution in [-0.4, -0.2) is 35.5 Å². The van der Waals surface area contributed by atoms with E-state index >= 15 is 0 Å². The smallest absolute Gasteiger partial charge is 0.264 e. The molecule has 0 spiro atoms. The predicted molar refractivity (Wildman–Crippen MR) is 92.3 cm³/mol. The summed E-state index contributed by atoms with van der Waals surface area (Å²) < 4.78 is 4.90. The van der Waals surface area contributed by atoms with Crippen LogP contribution in [0.15, 0.2) is 16.7 Å². The van der Waals surface area contributed by atoms with Crippen molar-refractivity contribution in [2.24, 2.45) is 5.92 Å². The molecule has 0 saturated heterocycles. The molecule has 6 nitrogen and oxygen atoms in total. The van der Waals surface area contributed by atoms with Crippen molar-refractivity contribution in [2.75, 3.05) is 18.9 Å². The lowest BCUT2D eigenvalue weighted by molar-refractivity contribution is -0.116. The molecule has 128 valence electrons. The zero-order chi connectivity index (χ0) is 17.3. The number of hydrogen-bond acceptors (Lipinski definition) is 5. The highest BCUT2D eigenvalue weighted by atomic mass is 32.1. The predicted octanol–water partition coefficient (Wildman–Crippen LogP) is 2.88. The zero-order valence-corrected chi connectivity index (χ0v) is 14.9. The first kappa shape index (κ1) is 16.7. The molecule has 7 heteroatoms. The normalized spacial score (nSPS) is 16.5. The fraction of sp³-hybridized carbons (Fsp3) is 0.471. The SMILES string of the molecule is Cc1cc(NC(=O)CN(C)C(=O)c2cc3c(s2)CC[C@@H](C)C3)no1. The molecule has 1 N–H and O–H groups in total. The van der Waals surface area contributed by atoms with Gasteiger partial charge >= 0.3 is 0 Å². The van der Waals surface area contributed by atoms with Crippen LogP contribution in [-0.2, 0) is 17.6 Å². The third kappa shape index (κ3) is 3.67. The van der Waals surface area contributed by atoms with Crippen LogP contribution in [0.3, 0.4) is 0 Å². The maximum atomic E-state index is 12.6. The molecule has 2 aromatic heterocycles. The van der Waals surface area contributed by atoms with Crippen molar-refractivity contribution in [2.45, 2.75) is 33.1 Å². The molecule has 2 aromatic rings. The molecule has 2 heterocycles. The first-order valence-corrected chi connectivity index (χ1v) is 8.84. The average molecular weight is 347 g/mol. The average Bonchev–Trinajstić information content (AvgIpc) is 3.11. The number of hydrogen-bond donors (Lipinski definition) is 1. The van der Waals surface area contributed by atoms with Gasteiger partial charge in [0.25, 0.3) is 5.91 Å². The molecule has 24 heavy (non-hydrogen) atoms. The van der Waals surface area contributed by atoms with Gasteiger partial charge in [-0.25, -0.2) is 0 Å². The quantitative estimate of drug-likeness (QED) is 0.923. The highest BCUT2D eigenvalue weighted by molar-refractivity contribution is 7.14. The monoisotopic (exact) mass is 347 g/mol. The number of aryl methyl sites for hydroxylation is 2. The Morgan fingerprint density at radius 2 is 2.25 bits per heavy atom. The summed E-state index contributed by atoms with van der Waals surface area (Å²) in [5, 5.41) is 6.33. The Morgan fingerprint density at radius 3 is 2.96 bits per heavy atom. The first-order valence-electron chi connectivity index (χ1n) is 8.02. The van der Waals surface area contributed by atoms with Crippen LogP contribution in [0, 0.1) is 12.8 Å². The lowest BCUT2D eigenvalue weighted by atomic mass is 9.90. The molecule has 0 saturated carbocycles. The molecular formula is C17H21N3O3S. The molecular weight excluding hydrogens is 326 g/mol. The number of amides is 2. The van der Waals surface area contributed by atoms with Gasteiger partial charge in [0.2, 0.25) is 5.91 Å². The number of nitrogens with one attached hydrogen (secondary N) is 1. The van der Waals surface area contributed by atoms with Crippen molar-refractivity contribution in [3.05, 3.63) is 33.2 Å². The second-order valence-electron chi connectivity index (χ2n) is 6.44. The topological polar surface area (TPSA) is 75.4 Å². The summed E-state index contributed by atoms with van der Waals surface area (Å²) in [7, 11) is 1.64. The number of carbonyl (C=O) groups excluding carboxylic acids is 2. The van der Waals surface area contributed by atoms with Crippen molar-refractivity contribution in [1.29, 1.82) is 0 Å². The summed E-state index contributed by atoms with van der Waals surface area (Å²) in [6, 6.07) is 3.63. The Bertz CT molecular complexity index is 765. The van der Waals surface area contributed by atoms with Crippen molar-refractivity contribution in [3.63, 3.8) is 0 Å². The van der Waals surface area contributed by atoms with Gasteiger partial charge in [0, 0.05) is 18.0 Å². The van der Waals surface area contributed by atoms with Crippen molar-refractivity contribution in [3.8, 4) is 0 Å². The number of nitrogens with zero attached hydrogens (tertiary/aromatic N) is 2. The Labute approximate surface area is 144 Å². The van der Waals surface area contributed by atoms with Crippen molar-refractivity contribution in [1.82, 2.24) is 10.1 Å². The van der Waals surface area contributed by atoms with Gasteiger partial charge < -0.3 is 14.7 Å². The van der Waals surface area contributed by atoms with Gasteiger partial charge in [-0.1, -0.05) is 12.1 Å². The molecule has 0 fully saturated rings. The van der Waals surface area contributed by atoms with Gasteiger partial charge in [0.1, 0.15) is 5.76 Å². The number of anilines is 1. The number of rotatable bonds is 4. The second kappa shape index (κ2) is 6.76. The summed E-state index contributed by atoms with van der Waals surface area (Å²) in [6.45, 7) is 3.96. The highest BCUT2D eigenvalue weighted by Gasteiger charge is 2.23. The van der Waals surface area contributed by atoms with E-state index in [9.17, 15) is 9.59 Å². The number of fused-ring (bicyclic) bond motifs is 1. The first-order chi connectivity index (χ1) is 11.4. The number of carbonyl (C=O) groups is 2. The lowest BCUT2D eigenvalue weighted by Gasteiger charge is -2.16. The number of aromatic nitrogens is 1. The third-order valence-corrected chi connectivity index (χ3v) is 5.39. The minimum absolute atomic E-state index is 0.0241. The maximum Gasteiger partial charge on any atom is 0.264 e. The van der Waals surface area contributed by atoms with E-state index in [2.05, 4.69) is 17.4 Å². The molecule has 0 bridgehead atoms. The molecule has 2 amide bonds. The van der Waals surface area contributed by atoms with E-state index < -0.39 is 0 Å². The van der Waals surface area contributed by atoms with E-state index in [0.29, 0.717) is 22.4 Å². The van der Waals surface area contributed by atoms with E-state index in [4.69, 9.17) is 4.52 Å².